The van der Waals surface area contributed by atoms with Gasteiger partial charge in [0.05, 0.1) is 11.8 Å². The first-order valence-electron chi connectivity index (χ1n) is 8.09. The molecule has 7 nitrogen and oxygen atoms in total. The van der Waals surface area contributed by atoms with Gasteiger partial charge in [0, 0.05) is 10.9 Å². The number of carbonyl (C=O) groups excluding carboxylic acids is 1. The molecule has 0 unspecified atom stereocenters. The number of amides is 1. The number of rotatable bonds is 6. The van der Waals surface area contributed by atoms with Gasteiger partial charge in [0.25, 0.3) is 5.91 Å². The lowest BCUT2D eigenvalue weighted by Gasteiger charge is -2.08. The molecule has 0 aliphatic carbocycles. The van der Waals surface area contributed by atoms with Gasteiger partial charge in [-0.15, -0.1) is 11.3 Å². The Hall–Kier alpha value is -3.00. The molecule has 26 heavy (non-hydrogen) atoms. The number of carbonyl (C=O) groups is 1. The molecule has 0 aliphatic rings. The Bertz CT molecular complexity index is 930. The lowest BCUT2D eigenvalue weighted by Crippen LogP contribution is -2.10. The zero-order chi connectivity index (χ0) is 18.7. The van der Waals surface area contributed by atoms with Gasteiger partial charge in [-0.3, -0.25) is 20.2 Å². The van der Waals surface area contributed by atoms with E-state index in [1.165, 1.54) is 23.0 Å². The number of nitrogens with one attached hydrogen (secondary N) is 1. The van der Waals surface area contributed by atoms with Crippen molar-refractivity contribution in [2.24, 2.45) is 0 Å². The molecule has 0 saturated heterocycles. The minimum absolute atomic E-state index is 0.133. The van der Waals surface area contributed by atoms with Gasteiger partial charge in [-0.05, 0) is 24.0 Å². The number of nitro groups is 1. The van der Waals surface area contributed by atoms with Crippen molar-refractivity contribution in [1.29, 1.82) is 0 Å². The van der Waals surface area contributed by atoms with Crippen molar-refractivity contribution in [3.63, 3.8) is 0 Å². The SMILES string of the molecule is CC[C@H](C)c1ccc(-c2csc(NC(=O)c3ccc([N+](=O)[O-])o3)n2)cc1. The second kappa shape index (κ2) is 7.49. The molecule has 0 radical (unpaired) electrons. The van der Waals surface area contributed by atoms with E-state index in [1.54, 1.807) is 0 Å². The van der Waals surface area contributed by atoms with Crippen LogP contribution in [-0.2, 0) is 0 Å². The third-order valence-electron chi connectivity index (χ3n) is 4.11. The summed E-state index contributed by atoms with van der Waals surface area (Å²) in [6, 6.07) is 10.6. The van der Waals surface area contributed by atoms with Crippen molar-refractivity contribution < 1.29 is 14.1 Å². The van der Waals surface area contributed by atoms with E-state index in [2.05, 4.69) is 36.3 Å². The molecule has 134 valence electrons. The second-order valence-electron chi connectivity index (χ2n) is 5.82. The summed E-state index contributed by atoms with van der Waals surface area (Å²) in [6.07, 6.45) is 1.08. The number of thiazole rings is 1. The summed E-state index contributed by atoms with van der Waals surface area (Å²) in [6.45, 7) is 4.34. The van der Waals surface area contributed by atoms with E-state index in [4.69, 9.17) is 4.42 Å². The number of hydrogen-bond acceptors (Lipinski definition) is 6. The van der Waals surface area contributed by atoms with Gasteiger partial charge in [0.1, 0.15) is 4.92 Å². The van der Waals surface area contributed by atoms with Crippen LogP contribution in [0, 0.1) is 10.1 Å². The Balaban J connectivity index is 1.71. The lowest BCUT2D eigenvalue weighted by atomic mass is 9.97. The number of aromatic nitrogens is 1. The maximum atomic E-state index is 12.1. The predicted molar refractivity (Wildman–Crippen MR) is 99.6 cm³/mol. The number of nitrogens with zero attached hydrogens (tertiary/aromatic N) is 2. The van der Waals surface area contributed by atoms with Gasteiger partial charge in [-0.1, -0.05) is 38.1 Å². The van der Waals surface area contributed by atoms with Crippen LogP contribution in [0.1, 0.15) is 42.3 Å². The molecule has 8 heteroatoms. The van der Waals surface area contributed by atoms with Crippen LogP contribution in [0.15, 0.2) is 46.2 Å². The van der Waals surface area contributed by atoms with E-state index < -0.39 is 16.7 Å². The summed E-state index contributed by atoms with van der Waals surface area (Å²) in [5.41, 5.74) is 2.99. The number of furan rings is 1. The lowest BCUT2D eigenvalue weighted by molar-refractivity contribution is -0.402. The largest absolute Gasteiger partial charge is 0.433 e. The second-order valence-corrected chi connectivity index (χ2v) is 6.68. The third kappa shape index (κ3) is 3.80. The molecule has 1 amide bonds. The monoisotopic (exact) mass is 371 g/mol. The Morgan fingerprint density at radius 3 is 2.65 bits per heavy atom. The van der Waals surface area contributed by atoms with Crippen molar-refractivity contribution in [3.8, 4) is 11.3 Å². The molecule has 0 spiro atoms. The van der Waals surface area contributed by atoms with Crippen molar-refractivity contribution in [2.45, 2.75) is 26.2 Å². The van der Waals surface area contributed by atoms with Gasteiger partial charge < -0.3 is 4.42 Å². The van der Waals surface area contributed by atoms with Gasteiger partial charge in [0.2, 0.25) is 0 Å². The van der Waals surface area contributed by atoms with E-state index in [0.29, 0.717) is 11.0 Å². The Kier molecular flexibility index (Phi) is 5.13. The molecule has 1 N–H and O–H groups in total. The fourth-order valence-electron chi connectivity index (χ4n) is 2.39. The molecular formula is C18H17N3O4S. The normalized spacial score (nSPS) is 11.9. The molecule has 3 aromatic rings. The fourth-order valence-corrected chi connectivity index (χ4v) is 3.10. The molecule has 3 rings (SSSR count). The molecule has 2 heterocycles. The zero-order valence-corrected chi connectivity index (χ0v) is 15.1. The van der Waals surface area contributed by atoms with Gasteiger partial charge in [-0.25, -0.2) is 4.98 Å². The molecular weight excluding hydrogens is 354 g/mol. The summed E-state index contributed by atoms with van der Waals surface area (Å²) in [7, 11) is 0. The zero-order valence-electron chi connectivity index (χ0n) is 14.3. The molecule has 0 aliphatic heterocycles. The molecule has 1 atom stereocenters. The van der Waals surface area contributed by atoms with Crippen molar-refractivity contribution in [3.05, 3.63) is 63.2 Å². The fraction of sp³-hybridized carbons (Fsp3) is 0.222. The van der Waals surface area contributed by atoms with E-state index >= 15 is 0 Å². The van der Waals surface area contributed by atoms with E-state index in [0.717, 1.165) is 23.7 Å². The maximum Gasteiger partial charge on any atom is 0.433 e. The molecule has 0 saturated carbocycles. The minimum Gasteiger partial charge on any atom is -0.395 e. The molecule has 2 aromatic heterocycles. The van der Waals surface area contributed by atoms with Crippen molar-refractivity contribution in [2.75, 3.05) is 5.32 Å². The topological polar surface area (TPSA) is 98.3 Å². The number of benzene rings is 1. The van der Waals surface area contributed by atoms with E-state index in [-0.39, 0.29) is 5.76 Å². The predicted octanol–water partition coefficient (Wildman–Crippen LogP) is 5.08. The summed E-state index contributed by atoms with van der Waals surface area (Å²) in [5.74, 6) is -0.680. The van der Waals surface area contributed by atoms with Crippen LogP contribution in [0.4, 0.5) is 11.0 Å². The summed E-state index contributed by atoms with van der Waals surface area (Å²) < 4.78 is 4.88. The molecule has 0 bridgehead atoms. The highest BCUT2D eigenvalue weighted by atomic mass is 32.1. The molecule has 1 aromatic carbocycles. The standard InChI is InChI=1S/C18H17N3O4S/c1-3-11(2)12-4-6-13(7-5-12)14-10-26-18(19-14)20-17(22)15-8-9-16(25-15)21(23)24/h4-11H,3H2,1-2H3,(H,19,20,22)/t11-/m0/s1. The Labute approximate surface area is 153 Å². The van der Waals surface area contributed by atoms with E-state index in [9.17, 15) is 14.9 Å². The number of anilines is 1. The number of hydrogen-bond donors (Lipinski definition) is 1. The molecule has 0 fully saturated rings. The minimum atomic E-state index is -0.693. The quantitative estimate of drug-likeness (QED) is 0.481. The van der Waals surface area contributed by atoms with Crippen LogP contribution in [-0.4, -0.2) is 15.8 Å². The van der Waals surface area contributed by atoms with Crippen LogP contribution < -0.4 is 5.32 Å². The summed E-state index contributed by atoms with van der Waals surface area (Å²) in [5, 5.41) is 15.4. The highest BCUT2D eigenvalue weighted by Crippen LogP contribution is 2.27. The average molecular weight is 371 g/mol. The third-order valence-corrected chi connectivity index (χ3v) is 4.87. The van der Waals surface area contributed by atoms with Crippen molar-refractivity contribution >= 4 is 28.3 Å². The summed E-state index contributed by atoms with van der Waals surface area (Å²) in [4.78, 5) is 26.4. The Morgan fingerprint density at radius 1 is 1.31 bits per heavy atom. The summed E-state index contributed by atoms with van der Waals surface area (Å²) >= 11 is 1.28. The van der Waals surface area contributed by atoms with Gasteiger partial charge >= 0.3 is 5.88 Å². The van der Waals surface area contributed by atoms with Crippen LogP contribution in [0.25, 0.3) is 11.3 Å². The first kappa shape index (κ1) is 17.8. The van der Waals surface area contributed by atoms with Crippen LogP contribution in [0.5, 0.6) is 0 Å². The van der Waals surface area contributed by atoms with Crippen LogP contribution >= 0.6 is 11.3 Å². The van der Waals surface area contributed by atoms with Gasteiger partial charge in [-0.2, -0.15) is 0 Å². The van der Waals surface area contributed by atoms with Crippen LogP contribution in [0.2, 0.25) is 0 Å². The first-order valence-corrected chi connectivity index (χ1v) is 8.97. The average Bonchev–Trinajstić information content (AvgIpc) is 3.31. The first-order chi connectivity index (χ1) is 12.5. The Morgan fingerprint density at radius 2 is 2.04 bits per heavy atom. The maximum absolute atomic E-state index is 12.1. The van der Waals surface area contributed by atoms with E-state index in [1.807, 2.05) is 17.5 Å². The van der Waals surface area contributed by atoms with Gasteiger partial charge in [0.15, 0.2) is 10.9 Å². The highest BCUT2D eigenvalue weighted by molar-refractivity contribution is 7.14. The highest BCUT2D eigenvalue weighted by Gasteiger charge is 2.18. The smallest absolute Gasteiger partial charge is 0.395 e. The van der Waals surface area contributed by atoms with Crippen LogP contribution in [0.3, 0.4) is 0 Å². The van der Waals surface area contributed by atoms with Crippen molar-refractivity contribution in [1.82, 2.24) is 4.98 Å².